The minimum atomic E-state index is -0.455. The van der Waals surface area contributed by atoms with Gasteiger partial charge in [0.05, 0.1) is 6.04 Å². The van der Waals surface area contributed by atoms with Crippen LogP contribution in [-0.2, 0) is 12.2 Å². The highest BCUT2D eigenvalue weighted by Crippen LogP contribution is 2.29. The molecule has 0 spiro atoms. The topological polar surface area (TPSA) is 71.8 Å². The van der Waals surface area contributed by atoms with Gasteiger partial charge >= 0.3 is 6.03 Å². The summed E-state index contributed by atoms with van der Waals surface area (Å²) in [6, 6.07) is 33.2. The lowest BCUT2D eigenvalue weighted by Gasteiger charge is -2.21. The summed E-state index contributed by atoms with van der Waals surface area (Å²) in [6.45, 7) is 3.98. The molecule has 0 unspecified atom stereocenters. The number of nitrogens with zero attached hydrogens (tertiary/aromatic N) is 3. The Bertz CT molecular complexity index is 1570. The molecule has 0 fully saturated rings. The lowest BCUT2D eigenvalue weighted by Crippen LogP contribution is -2.35. The van der Waals surface area contributed by atoms with E-state index in [1.807, 2.05) is 72.2 Å². The fourth-order valence-electron chi connectivity index (χ4n) is 4.31. The molecule has 0 saturated carbocycles. The third kappa shape index (κ3) is 6.92. The van der Waals surface area contributed by atoms with Gasteiger partial charge in [-0.25, -0.2) is 4.79 Å². The summed E-state index contributed by atoms with van der Waals surface area (Å²) in [7, 11) is 0. The second-order valence-corrected chi connectivity index (χ2v) is 10.9. The third-order valence-electron chi connectivity index (χ3n) is 6.49. The van der Waals surface area contributed by atoms with Gasteiger partial charge in [0.2, 0.25) is 0 Å². The first kappa shape index (κ1) is 27.5. The highest BCUT2D eigenvalue weighted by Gasteiger charge is 2.25. The molecule has 4 aromatic carbocycles. The Labute approximate surface area is 243 Å². The predicted molar refractivity (Wildman–Crippen MR) is 163 cm³/mol. The van der Waals surface area contributed by atoms with Crippen LogP contribution < -0.4 is 10.6 Å². The van der Waals surface area contributed by atoms with Gasteiger partial charge in [0.15, 0.2) is 11.0 Å². The summed E-state index contributed by atoms with van der Waals surface area (Å²) in [4.78, 5) is 13.3. The lowest BCUT2D eigenvalue weighted by atomic mass is 10.1. The van der Waals surface area contributed by atoms with Crippen LogP contribution >= 0.6 is 23.4 Å². The van der Waals surface area contributed by atoms with E-state index in [4.69, 9.17) is 11.6 Å². The fourth-order valence-corrected chi connectivity index (χ4v) is 5.41. The van der Waals surface area contributed by atoms with Crippen LogP contribution in [0.25, 0.3) is 5.69 Å². The van der Waals surface area contributed by atoms with Crippen LogP contribution in [0, 0.1) is 13.8 Å². The number of carbonyl (C=O) groups excluding carboxylic acids is 1. The minimum Gasteiger partial charge on any atom is -0.327 e. The molecule has 40 heavy (non-hydrogen) atoms. The number of aromatic nitrogens is 3. The number of hydrogen-bond donors (Lipinski definition) is 2. The number of aryl methyl sites for hydroxylation is 2. The molecule has 1 aromatic heterocycles. The maximum Gasteiger partial charge on any atom is 0.319 e. The molecule has 8 heteroatoms. The molecule has 202 valence electrons. The number of amides is 2. The zero-order valence-corrected chi connectivity index (χ0v) is 23.9. The molecule has 6 nitrogen and oxygen atoms in total. The van der Waals surface area contributed by atoms with Crippen molar-refractivity contribution in [2.24, 2.45) is 0 Å². The minimum absolute atomic E-state index is 0.349. The van der Waals surface area contributed by atoms with Crippen molar-refractivity contribution in [3.05, 3.63) is 136 Å². The average molecular weight is 568 g/mol. The van der Waals surface area contributed by atoms with Gasteiger partial charge in [-0.15, -0.1) is 10.2 Å². The number of hydrogen-bond acceptors (Lipinski definition) is 4. The average Bonchev–Trinajstić information content (AvgIpc) is 3.39. The van der Waals surface area contributed by atoms with Crippen LogP contribution in [0.15, 0.2) is 108 Å². The molecule has 5 rings (SSSR count). The molecule has 0 radical (unpaired) electrons. The molecule has 1 atom stereocenters. The molecule has 0 aliphatic heterocycles. The van der Waals surface area contributed by atoms with E-state index in [9.17, 15) is 4.79 Å². The van der Waals surface area contributed by atoms with Gasteiger partial charge < -0.3 is 10.6 Å². The van der Waals surface area contributed by atoms with Gasteiger partial charge in [0, 0.05) is 28.6 Å². The summed E-state index contributed by atoms with van der Waals surface area (Å²) in [5.74, 6) is 1.40. The number of thioether (sulfide) groups is 1. The number of urea groups is 1. The standard InChI is InChI=1S/C32H30ClN5OS/c1-22-13-17-27(18-14-22)38-30(36-37-32(38)40-21-25-11-7-4-8-12-25)29(19-24-9-5-3-6-10-24)35-31(39)34-26-16-15-23(2)28(33)20-26/h3-18,20,29H,19,21H2,1-2H3,(H2,34,35,39)/t29-/m0/s1. The molecule has 0 aliphatic carbocycles. The molecule has 0 saturated heterocycles. The first-order valence-corrected chi connectivity index (χ1v) is 14.4. The van der Waals surface area contributed by atoms with E-state index in [1.54, 1.807) is 17.8 Å². The Balaban J connectivity index is 1.49. The number of carbonyl (C=O) groups is 1. The van der Waals surface area contributed by atoms with E-state index >= 15 is 0 Å². The van der Waals surface area contributed by atoms with Crippen molar-refractivity contribution in [2.75, 3.05) is 5.32 Å². The smallest absolute Gasteiger partial charge is 0.319 e. The van der Waals surface area contributed by atoms with Crippen molar-refractivity contribution in [3.63, 3.8) is 0 Å². The van der Waals surface area contributed by atoms with Crippen LogP contribution in [0.1, 0.15) is 34.1 Å². The molecule has 2 amide bonds. The number of benzene rings is 4. The van der Waals surface area contributed by atoms with Gasteiger partial charge in [0.1, 0.15) is 0 Å². The van der Waals surface area contributed by atoms with E-state index in [1.165, 1.54) is 5.56 Å². The molecule has 0 bridgehead atoms. The number of halogens is 1. The van der Waals surface area contributed by atoms with E-state index in [-0.39, 0.29) is 6.03 Å². The molecular formula is C32H30ClN5OS. The first-order chi connectivity index (χ1) is 19.5. The Kier molecular flexibility index (Phi) is 8.84. The lowest BCUT2D eigenvalue weighted by molar-refractivity contribution is 0.247. The molecule has 0 aliphatic rings. The van der Waals surface area contributed by atoms with Crippen molar-refractivity contribution >= 4 is 35.1 Å². The number of anilines is 1. The third-order valence-corrected chi connectivity index (χ3v) is 7.90. The number of rotatable bonds is 9. The van der Waals surface area contributed by atoms with Gasteiger partial charge in [-0.3, -0.25) is 4.57 Å². The van der Waals surface area contributed by atoms with E-state index in [2.05, 4.69) is 64.2 Å². The van der Waals surface area contributed by atoms with Crippen molar-refractivity contribution in [1.82, 2.24) is 20.1 Å². The quantitative estimate of drug-likeness (QED) is 0.177. The maximum absolute atomic E-state index is 13.3. The van der Waals surface area contributed by atoms with E-state index < -0.39 is 6.04 Å². The van der Waals surface area contributed by atoms with Gasteiger partial charge in [0.25, 0.3) is 0 Å². The summed E-state index contributed by atoms with van der Waals surface area (Å²) in [6.07, 6.45) is 0.538. The Morgan fingerprint density at radius 3 is 2.23 bits per heavy atom. The number of nitrogens with one attached hydrogen (secondary N) is 2. The summed E-state index contributed by atoms with van der Waals surface area (Å²) in [5, 5.41) is 16.6. The second kappa shape index (κ2) is 12.9. The summed E-state index contributed by atoms with van der Waals surface area (Å²) >= 11 is 7.90. The van der Waals surface area contributed by atoms with E-state index in [0.717, 1.165) is 33.3 Å². The van der Waals surface area contributed by atoms with Gasteiger partial charge in [-0.2, -0.15) is 0 Å². The van der Waals surface area contributed by atoms with E-state index in [0.29, 0.717) is 23.0 Å². The Morgan fingerprint density at radius 2 is 1.55 bits per heavy atom. The van der Waals surface area contributed by atoms with Crippen LogP contribution in [0.4, 0.5) is 10.5 Å². The van der Waals surface area contributed by atoms with Crippen molar-refractivity contribution in [2.45, 2.75) is 37.2 Å². The molecule has 5 aromatic rings. The van der Waals surface area contributed by atoms with Crippen molar-refractivity contribution < 1.29 is 4.79 Å². The maximum atomic E-state index is 13.3. The fraction of sp³-hybridized carbons (Fsp3) is 0.156. The van der Waals surface area contributed by atoms with Gasteiger partial charge in [-0.05, 0) is 54.8 Å². The van der Waals surface area contributed by atoms with Crippen LogP contribution in [0.5, 0.6) is 0 Å². The zero-order valence-electron chi connectivity index (χ0n) is 22.3. The highest BCUT2D eigenvalue weighted by atomic mass is 35.5. The first-order valence-electron chi connectivity index (χ1n) is 13.0. The zero-order chi connectivity index (χ0) is 27.9. The van der Waals surface area contributed by atoms with Crippen molar-refractivity contribution in [1.29, 1.82) is 0 Å². The second-order valence-electron chi connectivity index (χ2n) is 9.59. The Hall–Kier alpha value is -4.07. The van der Waals surface area contributed by atoms with Crippen molar-refractivity contribution in [3.8, 4) is 5.69 Å². The summed E-state index contributed by atoms with van der Waals surface area (Å²) < 4.78 is 2.05. The Morgan fingerprint density at radius 1 is 0.875 bits per heavy atom. The normalized spacial score (nSPS) is 11.7. The molecule has 1 heterocycles. The highest BCUT2D eigenvalue weighted by molar-refractivity contribution is 7.98. The predicted octanol–water partition coefficient (Wildman–Crippen LogP) is 7.94. The monoisotopic (exact) mass is 567 g/mol. The van der Waals surface area contributed by atoms with Crippen LogP contribution in [0.2, 0.25) is 5.02 Å². The molecular weight excluding hydrogens is 538 g/mol. The molecule has 2 N–H and O–H groups in total. The van der Waals surface area contributed by atoms with Gasteiger partial charge in [-0.1, -0.05) is 108 Å². The summed E-state index contributed by atoms with van der Waals surface area (Å²) in [5.41, 5.74) is 5.93. The van der Waals surface area contributed by atoms with Crippen LogP contribution in [-0.4, -0.2) is 20.8 Å². The largest absolute Gasteiger partial charge is 0.327 e. The van der Waals surface area contributed by atoms with Crippen LogP contribution in [0.3, 0.4) is 0 Å². The SMILES string of the molecule is Cc1ccc(-n2c(SCc3ccccc3)nnc2[C@H](Cc2ccccc2)NC(=O)Nc2ccc(C)c(Cl)c2)cc1.